The molecule has 1 aromatic carbocycles. The first-order valence-electron chi connectivity index (χ1n) is 6.25. The third-order valence-electron chi connectivity index (χ3n) is 2.49. The molecule has 1 rings (SSSR count). The fourth-order valence-corrected chi connectivity index (χ4v) is 3.45. The van der Waals surface area contributed by atoms with Crippen LogP contribution in [0.3, 0.4) is 0 Å². The van der Waals surface area contributed by atoms with Crippen LogP contribution >= 0.6 is 15.9 Å². The zero-order chi connectivity index (χ0) is 15.0. The van der Waals surface area contributed by atoms with Crippen LogP contribution in [0.2, 0.25) is 0 Å². The van der Waals surface area contributed by atoms with Crippen molar-refractivity contribution in [2.75, 3.05) is 11.9 Å². The molecule has 0 aliphatic carbocycles. The molecule has 0 fully saturated rings. The fraction of sp³-hybridized carbons (Fsp3) is 0.462. The highest BCUT2D eigenvalue weighted by Crippen LogP contribution is 2.07. The summed E-state index contributed by atoms with van der Waals surface area (Å²) >= 11 is 3.20. The van der Waals surface area contributed by atoms with Crippen LogP contribution in [0.5, 0.6) is 0 Å². The van der Waals surface area contributed by atoms with E-state index in [-0.39, 0.29) is 12.4 Å². The van der Waals surface area contributed by atoms with Gasteiger partial charge in [0, 0.05) is 5.33 Å². The van der Waals surface area contributed by atoms with Gasteiger partial charge in [-0.05, 0) is 18.9 Å². The Kier molecular flexibility index (Phi) is 7.18. The lowest BCUT2D eigenvalue weighted by atomic mass is 10.2. The van der Waals surface area contributed by atoms with Gasteiger partial charge in [0.25, 0.3) is 0 Å². The number of hydrogen-bond acceptors (Lipinski definition) is 4. The molecular weight excluding hydrogens is 346 g/mol. The largest absolute Gasteiger partial charge is 0.465 e. The van der Waals surface area contributed by atoms with E-state index in [4.69, 9.17) is 4.74 Å². The normalized spacial score (nSPS) is 12.9. The van der Waals surface area contributed by atoms with E-state index in [1.54, 1.807) is 31.2 Å². The van der Waals surface area contributed by atoms with E-state index in [1.807, 2.05) is 6.07 Å². The first kappa shape index (κ1) is 17.1. The summed E-state index contributed by atoms with van der Waals surface area (Å²) in [5.41, 5.74) is 0.668. The van der Waals surface area contributed by atoms with Crippen molar-refractivity contribution in [2.45, 2.75) is 25.1 Å². The molecule has 0 aliphatic heterocycles. The lowest BCUT2D eigenvalue weighted by Gasteiger charge is -2.16. The maximum absolute atomic E-state index is 12.1. The summed E-state index contributed by atoms with van der Waals surface area (Å²) in [6.45, 7) is 1.90. The SMILES string of the molecule is CCOC(=O)[C@@H](CCBr)NS(=O)(=O)Cc1ccccc1. The monoisotopic (exact) mass is 363 g/mol. The molecule has 0 aromatic heterocycles. The summed E-state index contributed by atoms with van der Waals surface area (Å²) in [6, 6.07) is 7.95. The number of sulfonamides is 1. The first-order valence-corrected chi connectivity index (χ1v) is 9.02. The van der Waals surface area contributed by atoms with Gasteiger partial charge in [-0.1, -0.05) is 46.3 Å². The molecule has 0 spiro atoms. The second kappa shape index (κ2) is 8.39. The van der Waals surface area contributed by atoms with Gasteiger partial charge in [0.05, 0.1) is 12.4 Å². The van der Waals surface area contributed by atoms with Gasteiger partial charge in [-0.15, -0.1) is 0 Å². The Morgan fingerprint density at radius 2 is 2.00 bits per heavy atom. The molecule has 1 N–H and O–H groups in total. The van der Waals surface area contributed by atoms with Crippen molar-refractivity contribution in [1.29, 1.82) is 0 Å². The molecule has 0 heterocycles. The van der Waals surface area contributed by atoms with Gasteiger partial charge in [-0.3, -0.25) is 4.79 Å². The maximum Gasteiger partial charge on any atom is 0.324 e. The Morgan fingerprint density at radius 1 is 1.35 bits per heavy atom. The van der Waals surface area contributed by atoms with Gasteiger partial charge in [0.2, 0.25) is 10.0 Å². The number of rotatable bonds is 8. The molecule has 112 valence electrons. The highest BCUT2D eigenvalue weighted by Gasteiger charge is 2.25. The Labute approximate surface area is 127 Å². The molecule has 0 saturated heterocycles. The maximum atomic E-state index is 12.1. The number of halogens is 1. The van der Waals surface area contributed by atoms with E-state index in [9.17, 15) is 13.2 Å². The molecular formula is C13H18BrNO4S. The van der Waals surface area contributed by atoms with Crippen LogP contribution in [0.15, 0.2) is 30.3 Å². The molecule has 0 radical (unpaired) electrons. The van der Waals surface area contributed by atoms with Crippen LogP contribution in [-0.2, 0) is 25.3 Å². The van der Waals surface area contributed by atoms with Crippen LogP contribution in [0.25, 0.3) is 0 Å². The number of benzene rings is 1. The molecule has 5 nitrogen and oxygen atoms in total. The topological polar surface area (TPSA) is 72.5 Å². The van der Waals surface area contributed by atoms with Gasteiger partial charge in [0.1, 0.15) is 6.04 Å². The molecule has 0 saturated carbocycles. The summed E-state index contributed by atoms with van der Waals surface area (Å²) in [5.74, 6) is -0.713. The molecule has 20 heavy (non-hydrogen) atoms. The molecule has 1 atom stereocenters. The second-order valence-corrected chi connectivity index (χ2v) is 6.69. The van der Waals surface area contributed by atoms with Gasteiger partial charge < -0.3 is 4.74 Å². The minimum absolute atomic E-state index is 0.161. The highest BCUT2D eigenvalue weighted by atomic mass is 79.9. The Hall–Kier alpha value is -0.920. The van der Waals surface area contributed by atoms with Crippen molar-refractivity contribution >= 4 is 31.9 Å². The zero-order valence-electron chi connectivity index (χ0n) is 11.2. The van der Waals surface area contributed by atoms with Crippen molar-refractivity contribution in [3.8, 4) is 0 Å². The van der Waals surface area contributed by atoms with E-state index in [1.165, 1.54) is 0 Å². The zero-order valence-corrected chi connectivity index (χ0v) is 13.6. The smallest absolute Gasteiger partial charge is 0.324 e. The lowest BCUT2D eigenvalue weighted by molar-refractivity contribution is -0.145. The molecule has 0 bridgehead atoms. The van der Waals surface area contributed by atoms with Crippen molar-refractivity contribution in [1.82, 2.24) is 4.72 Å². The summed E-state index contributed by atoms with van der Waals surface area (Å²) in [6.07, 6.45) is 0.340. The first-order chi connectivity index (χ1) is 9.48. The number of nitrogens with one attached hydrogen (secondary N) is 1. The standard InChI is InChI=1S/C13H18BrNO4S/c1-2-19-13(16)12(8-9-14)15-20(17,18)10-11-6-4-3-5-7-11/h3-7,12,15H,2,8-10H2,1H3/t12-/m1/s1. The van der Waals surface area contributed by atoms with Crippen molar-refractivity contribution in [3.05, 3.63) is 35.9 Å². The minimum Gasteiger partial charge on any atom is -0.465 e. The molecule has 0 aliphatic rings. The van der Waals surface area contributed by atoms with Gasteiger partial charge in [-0.2, -0.15) is 0 Å². The summed E-state index contributed by atoms with van der Waals surface area (Å²) in [4.78, 5) is 11.7. The predicted octanol–water partition coefficient (Wildman–Crippen LogP) is 1.82. The van der Waals surface area contributed by atoms with Crippen LogP contribution in [0.4, 0.5) is 0 Å². The summed E-state index contributed by atoms with van der Waals surface area (Å²) in [7, 11) is -3.59. The van der Waals surface area contributed by atoms with Crippen LogP contribution in [0, 0.1) is 0 Å². The second-order valence-electron chi connectivity index (χ2n) is 4.14. The number of carbonyl (C=O) groups excluding carboxylic acids is 1. The van der Waals surface area contributed by atoms with E-state index in [2.05, 4.69) is 20.7 Å². The van der Waals surface area contributed by atoms with Crippen LogP contribution in [0.1, 0.15) is 18.9 Å². The third-order valence-corrected chi connectivity index (χ3v) is 4.31. The van der Waals surface area contributed by atoms with Crippen molar-refractivity contribution in [3.63, 3.8) is 0 Å². The molecule has 1 aromatic rings. The van der Waals surface area contributed by atoms with Crippen LogP contribution in [-0.4, -0.2) is 32.4 Å². The van der Waals surface area contributed by atoms with Gasteiger partial charge >= 0.3 is 5.97 Å². The number of hydrogen-bond donors (Lipinski definition) is 1. The molecule has 0 amide bonds. The van der Waals surface area contributed by atoms with Gasteiger partial charge in [-0.25, -0.2) is 13.1 Å². The van der Waals surface area contributed by atoms with Crippen LogP contribution < -0.4 is 4.72 Å². The summed E-state index contributed by atoms with van der Waals surface area (Å²) < 4.78 is 31.4. The average molecular weight is 364 g/mol. The fourth-order valence-electron chi connectivity index (χ4n) is 1.63. The molecule has 0 unspecified atom stereocenters. The number of esters is 1. The lowest BCUT2D eigenvalue weighted by Crippen LogP contribution is -2.42. The van der Waals surface area contributed by atoms with E-state index < -0.39 is 22.0 Å². The number of carbonyl (C=O) groups is 1. The third kappa shape index (κ3) is 6.02. The van der Waals surface area contributed by atoms with E-state index in [0.29, 0.717) is 17.3 Å². The number of ether oxygens (including phenoxy) is 1. The number of alkyl halides is 1. The molecule has 7 heteroatoms. The van der Waals surface area contributed by atoms with Gasteiger partial charge in [0.15, 0.2) is 0 Å². The highest BCUT2D eigenvalue weighted by molar-refractivity contribution is 9.09. The quantitative estimate of drug-likeness (QED) is 0.564. The Bertz CT molecular complexity index is 518. The Morgan fingerprint density at radius 3 is 2.55 bits per heavy atom. The van der Waals surface area contributed by atoms with Crippen molar-refractivity contribution < 1.29 is 17.9 Å². The summed E-state index contributed by atoms with van der Waals surface area (Å²) in [5, 5.41) is 0.504. The predicted molar refractivity (Wildman–Crippen MR) is 81.0 cm³/mol. The minimum atomic E-state index is -3.59. The van der Waals surface area contributed by atoms with E-state index in [0.717, 1.165) is 0 Å². The van der Waals surface area contributed by atoms with Crippen molar-refractivity contribution in [2.24, 2.45) is 0 Å². The van der Waals surface area contributed by atoms with E-state index >= 15 is 0 Å². The average Bonchev–Trinajstić information content (AvgIpc) is 2.39. The Balaban J connectivity index is 2.73.